The first-order valence-corrected chi connectivity index (χ1v) is 13.0. The molecular weight excluding hydrogens is 398 g/mol. The van der Waals surface area contributed by atoms with Crippen LogP contribution in [0, 0.1) is 5.92 Å². The molecule has 2 saturated heterocycles. The number of hydrogen-bond donors (Lipinski definition) is 1. The van der Waals surface area contributed by atoms with Crippen LogP contribution in [0.15, 0.2) is 35.2 Å². The highest BCUT2D eigenvalue weighted by Gasteiger charge is 2.30. The Bertz CT molecular complexity index is 753. The molecule has 1 N–H and O–H groups in total. The van der Waals surface area contributed by atoms with Crippen molar-refractivity contribution in [3.05, 3.63) is 30.3 Å². The molecular formula is C23H37N3O3S. The number of benzene rings is 1. The van der Waals surface area contributed by atoms with E-state index >= 15 is 0 Å². The molecule has 0 spiro atoms. The number of carbonyl (C=O) groups is 1. The lowest BCUT2D eigenvalue weighted by atomic mass is 9.94. The van der Waals surface area contributed by atoms with E-state index in [1.165, 1.54) is 38.8 Å². The van der Waals surface area contributed by atoms with Gasteiger partial charge in [-0.2, -0.15) is 4.31 Å². The zero-order valence-electron chi connectivity index (χ0n) is 18.3. The van der Waals surface area contributed by atoms with E-state index in [9.17, 15) is 13.2 Å². The quantitative estimate of drug-likeness (QED) is 0.681. The van der Waals surface area contributed by atoms with Gasteiger partial charge >= 0.3 is 0 Å². The average molecular weight is 436 g/mol. The Morgan fingerprint density at radius 1 is 1.03 bits per heavy atom. The lowest BCUT2D eigenvalue weighted by Crippen LogP contribution is -2.40. The fourth-order valence-electron chi connectivity index (χ4n) is 4.57. The molecule has 2 heterocycles. The number of rotatable bonds is 8. The van der Waals surface area contributed by atoms with Gasteiger partial charge in [0.05, 0.1) is 4.90 Å². The highest BCUT2D eigenvalue weighted by Crippen LogP contribution is 2.25. The zero-order chi connectivity index (χ0) is 21.4. The normalized spacial score (nSPS) is 21.1. The van der Waals surface area contributed by atoms with Crippen LogP contribution in [0.3, 0.4) is 0 Å². The van der Waals surface area contributed by atoms with Gasteiger partial charge in [0, 0.05) is 32.1 Å². The van der Waals surface area contributed by atoms with Gasteiger partial charge in [-0.25, -0.2) is 8.42 Å². The third kappa shape index (κ3) is 6.53. The number of hydrogen-bond acceptors (Lipinski definition) is 4. The van der Waals surface area contributed by atoms with Gasteiger partial charge in [0.2, 0.25) is 15.9 Å². The summed E-state index contributed by atoms with van der Waals surface area (Å²) >= 11 is 0. The Morgan fingerprint density at radius 3 is 2.30 bits per heavy atom. The van der Waals surface area contributed by atoms with Crippen molar-refractivity contribution in [2.24, 2.45) is 5.92 Å². The third-order valence-corrected chi connectivity index (χ3v) is 8.49. The van der Waals surface area contributed by atoms with E-state index in [0.717, 1.165) is 25.8 Å². The van der Waals surface area contributed by atoms with Gasteiger partial charge < -0.3 is 10.2 Å². The second-order valence-corrected chi connectivity index (χ2v) is 10.7. The van der Waals surface area contributed by atoms with E-state index in [4.69, 9.17) is 0 Å². The van der Waals surface area contributed by atoms with E-state index in [1.54, 1.807) is 28.6 Å². The maximum atomic E-state index is 12.7. The Labute approximate surface area is 182 Å². The van der Waals surface area contributed by atoms with Crippen LogP contribution in [-0.4, -0.2) is 62.3 Å². The van der Waals surface area contributed by atoms with Crippen molar-refractivity contribution in [3.8, 4) is 0 Å². The second-order valence-electron chi connectivity index (χ2n) is 8.80. The summed E-state index contributed by atoms with van der Waals surface area (Å²) in [5, 5.41) is 3.09. The summed E-state index contributed by atoms with van der Waals surface area (Å²) in [4.78, 5) is 15.3. The summed E-state index contributed by atoms with van der Waals surface area (Å²) in [6.07, 6.45) is 8.21. The first-order valence-electron chi connectivity index (χ1n) is 11.5. The summed E-state index contributed by atoms with van der Waals surface area (Å²) in [6, 6.07) is 9.10. The number of amides is 1. The number of nitrogens with zero attached hydrogens (tertiary/aromatic N) is 2. The molecule has 0 aliphatic carbocycles. The summed E-state index contributed by atoms with van der Waals surface area (Å²) in [7, 11) is -3.42. The molecule has 168 valence electrons. The van der Waals surface area contributed by atoms with Gasteiger partial charge in [-0.3, -0.25) is 4.79 Å². The van der Waals surface area contributed by atoms with E-state index in [0.29, 0.717) is 30.4 Å². The minimum atomic E-state index is -3.42. The number of sulfonamides is 1. The molecule has 1 unspecified atom stereocenters. The Hall–Kier alpha value is -1.44. The molecule has 2 aliphatic rings. The number of nitrogens with one attached hydrogen (secondary N) is 1. The van der Waals surface area contributed by atoms with E-state index in [-0.39, 0.29) is 11.8 Å². The average Bonchev–Trinajstić information content (AvgIpc) is 3.04. The van der Waals surface area contributed by atoms with Crippen LogP contribution in [0.25, 0.3) is 0 Å². The van der Waals surface area contributed by atoms with Crippen molar-refractivity contribution in [3.63, 3.8) is 0 Å². The first kappa shape index (κ1) is 23.2. The molecule has 0 bridgehead atoms. The van der Waals surface area contributed by atoms with Crippen molar-refractivity contribution < 1.29 is 13.2 Å². The molecule has 2 fully saturated rings. The molecule has 0 saturated carbocycles. The van der Waals surface area contributed by atoms with E-state index < -0.39 is 10.0 Å². The minimum Gasteiger partial charge on any atom is -0.356 e. The van der Waals surface area contributed by atoms with Crippen LogP contribution in [0.1, 0.15) is 58.3 Å². The predicted molar refractivity (Wildman–Crippen MR) is 120 cm³/mol. The summed E-state index contributed by atoms with van der Waals surface area (Å²) in [5.74, 6) is 0.359. The van der Waals surface area contributed by atoms with Gasteiger partial charge in [0.1, 0.15) is 0 Å². The number of piperidine rings is 1. The molecule has 30 heavy (non-hydrogen) atoms. The van der Waals surface area contributed by atoms with Crippen LogP contribution in [0.4, 0.5) is 0 Å². The molecule has 0 radical (unpaired) electrons. The van der Waals surface area contributed by atoms with Crippen molar-refractivity contribution in [2.45, 2.75) is 69.2 Å². The first-order chi connectivity index (χ1) is 14.5. The van der Waals surface area contributed by atoms with Crippen LogP contribution < -0.4 is 5.32 Å². The molecule has 3 rings (SSSR count). The molecule has 7 heteroatoms. The van der Waals surface area contributed by atoms with Crippen LogP contribution in [-0.2, 0) is 14.8 Å². The Kier molecular flexibility index (Phi) is 8.72. The molecule has 2 aliphatic heterocycles. The van der Waals surface area contributed by atoms with Crippen molar-refractivity contribution >= 4 is 15.9 Å². The summed E-state index contributed by atoms with van der Waals surface area (Å²) in [5.41, 5.74) is 0. The summed E-state index contributed by atoms with van der Waals surface area (Å²) in [6.45, 7) is 6.32. The molecule has 0 aromatic heterocycles. The van der Waals surface area contributed by atoms with Crippen molar-refractivity contribution in [2.75, 3.05) is 32.7 Å². The van der Waals surface area contributed by atoms with Crippen molar-refractivity contribution in [1.82, 2.24) is 14.5 Å². The van der Waals surface area contributed by atoms with Crippen LogP contribution in [0.5, 0.6) is 0 Å². The molecule has 1 aromatic rings. The van der Waals surface area contributed by atoms with E-state index in [2.05, 4.69) is 17.1 Å². The van der Waals surface area contributed by atoms with Gasteiger partial charge in [-0.05, 0) is 70.2 Å². The SMILES string of the molecule is CC(CCNC(=O)CC1CCN(S(=O)(=O)c2ccccc2)CC1)N1CCCCCC1. The Morgan fingerprint density at radius 2 is 1.67 bits per heavy atom. The van der Waals surface area contributed by atoms with Crippen molar-refractivity contribution in [1.29, 1.82) is 0 Å². The summed E-state index contributed by atoms with van der Waals surface area (Å²) < 4.78 is 27.0. The lowest BCUT2D eigenvalue weighted by molar-refractivity contribution is -0.122. The lowest BCUT2D eigenvalue weighted by Gasteiger charge is -2.31. The topological polar surface area (TPSA) is 69.7 Å². The smallest absolute Gasteiger partial charge is 0.243 e. The van der Waals surface area contributed by atoms with E-state index in [1.807, 2.05) is 6.07 Å². The van der Waals surface area contributed by atoms with Crippen LogP contribution in [0.2, 0.25) is 0 Å². The largest absolute Gasteiger partial charge is 0.356 e. The number of carbonyl (C=O) groups excluding carboxylic acids is 1. The Balaban J connectivity index is 1.36. The predicted octanol–water partition coefficient (Wildman–Crippen LogP) is 3.25. The fourth-order valence-corrected chi connectivity index (χ4v) is 6.06. The molecule has 1 aromatic carbocycles. The van der Waals surface area contributed by atoms with Gasteiger partial charge in [-0.1, -0.05) is 31.0 Å². The second kappa shape index (κ2) is 11.3. The standard InChI is InChI=1S/C23H37N3O3S/c1-20(25-15-7-2-3-8-16-25)11-14-24-23(27)19-21-12-17-26(18-13-21)30(28,29)22-9-5-4-6-10-22/h4-6,9-10,20-21H,2-3,7-8,11-19H2,1H3,(H,24,27). The zero-order valence-corrected chi connectivity index (χ0v) is 19.1. The van der Waals surface area contributed by atoms with Gasteiger partial charge in [-0.15, -0.1) is 0 Å². The molecule has 1 atom stereocenters. The highest BCUT2D eigenvalue weighted by atomic mass is 32.2. The molecule has 1 amide bonds. The molecule has 6 nitrogen and oxygen atoms in total. The maximum Gasteiger partial charge on any atom is 0.243 e. The highest BCUT2D eigenvalue weighted by molar-refractivity contribution is 7.89. The third-order valence-electron chi connectivity index (χ3n) is 6.58. The minimum absolute atomic E-state index is 0.0995. The monoisotopic (exact) mass is 435 g/mol. The van der Waals surface area contributed by atoms with Gasteiger partial charge in [0.25, 0.3) is 0 Å². The number of likely N-dealkylation sites (tertiary alicyclic amines) is 1. The van der Waals surface area contributed by atoms with Crippen LogP contribution >= 0.6 is 0 Å². The van der Waals surface area contributed by atoms with Gasteiger partial charge in [0.15, 0.2) is 0 Å². The fraction of sp³-hybridized carbons (Fsp3) is 0.696. The maximum absolute atomic E-state index is 12.7.